The molecule has 4 aromatic rings. The summed E-state index contributed by atoms with van der Waals surface area (Å²) >= 11 is 0. The zero-order valence-electron chi connectivity index (χ0n) is 16.9. The van der Waals surface area contributed by atoms with E-state index in [1.165, 1.54) is 4.57 Å². The van der Waals surface area contributed by atoms with E-state index in [1.54, 1.807) is 31.4 Å². The molecule has 0 atom stereocenters. The maximum absolute atomic E-state index is 13.7. The minimum atomic E-state index is -0.371. The predicted molar refractivity (Wildman–Crippen MR) is 120 cm³/mol. The summed E-state index contributed by atoms with van der Waals surface area (Å²) in [7, 11) is 1.57. The lowest BCUT2D eigenvalue weighted by Crippen LogP contribution is -2.25. The topological polar surface area (TPSA) is 75.2 Å². The Morgan fingerprint density at radius 2 is 1.55 bits per heavy atom. The standard InChI is InChI=1S/C26H20N2O3/c1-31-21-14-12-20(13-15-21)28-24(19-10-6-3-7-11-19)23(17-27)25(29)22(26(28)30)16-18-8-4-2-5-9-18/h2-15,29H,16H2,1H3. The highest BCUT2D eigenvalue weighted by Gasteiger charge is 2.23. The lowest BCUT2D eigenvalue weighted by atomic mass is 9.98. The van der Waals surface area contributed by atoms with E-state index >= 15 is 0 Å². The first-order valence-corrected chi connectivity index (χ1v) is 9.78. The number of nitrogens with zero attached hydrogens (tertiary/aromatic N) is 2. The normalized spacial score (nSPS) is 10.5. The maximum Gasteiger partial charge on any atom is 0.262 e. The molecule has 0 saturated carbocycles. The maximum atomic E-state index is 13.7. The van der Waals surface area contributed by atoms with Crippen LogP contribution in [0, 0.1) is 11.3 Å². The van der Waals surface area contributed by atoms with Crippen LogP contribution in [0.1, 0.15) is 16.7 Å². The summed E-state index contributed by atoms with van der Waals surface area (Å²) in [4.78, 5) is 13.7. The number of pyridine rings is 1. The first kappa shape index (κ1) is 20.0. The minimum absolute atomic E-state index is 0.0625. The second kappa shape index (κ2) is 8.60. The first-order valence-electron chi connectivity index (χ1n) is 9.78. The van der Waals surface area contributed by atoms with Crippen LogP contribution in [0.15, 0.2) is 89.7 Å². The van der Waals surface area contributed by atoms with Crippen LogP contribution in [0.3, 0.4) is 0 Å². The fourth-order valence-electron chi connectivity index (χ4n) is 3.62. The van der Waals surface area contributed by atoms with E-state index in [0.717, 1.165) is 5.56 Å². The monoisotopic (exact) mass is 408 g/mol. The van der Waals surface area contributed by atoms with Gasteiger partial charge >= 0.3 is 0 Å². The quantitative estimate of drug-likeness (QED) is 0.520. The van der Waals surface area contributed by atoms with Gasteiger partial charge in [0, 0.05) is 17.7 Å². The molecule has 0 unspecified atom stereocenters. The third-order valence-electron chi connectivity index (χ3n) is 5.16. The fraction of sp³-hybridized carbons (Fsp3) is 0.0769. The molecule has 0 saturated heterocycles. The van der Waals surface area contributed by atoms with E-state index in [1.807, 2.05) is 60.7 Å². The third-order valence-corrected chi connectivity index (χ3v) is 5.16. The second-order valence-electron chi connectivity index (χ2n) is 7.03. The largest absolute Gasteiger partial charge is 0.506 e. The Morgan fingerprint density at radius 1 is 0.935 bits per heavy atom. The summed E-state index contributed by atoms with van der Waals surface area (Å²) in [5.41, 5.74) is 2.33. The van der Waals surface area contributed by atoms with E-state index in [4.69, 9.17) is 4.74 Å². The van der Waals surface area contributed by atoms with Gasteiger partial charge in [-0.1, -0.05) is 60.7 Å². The molecule has 0 aliphatic heterocycles. The smallest absolute Gasteiger partial charge is 0.262 e. The Hall–Kier alpha value is -4.30. The van der Waals surface area contributed by atoms with Crippen LogP contribution in [0.2, 0.25) is 0 Å². The van der Waals surface area contributed by atoms with Gasteiger partial charge in [0.25, 0.3) is 5.56 Å². The Labute approximate surface area is 180 Å². The Morgan fingerprint density at radius 3 is 2.13 bits per heavy atom. The second-order valence-corrected chi connectivity index (χ2v) is 7.03. The van der Waals surface area contributed by atoms with Gasteiger partial charge in [-0.25, -0.2) is 0 Å². The Bertz CT molecular complexity index is 1300. The van der Waals surface area contributed by atoms with Crippen molar-refractivity contribution in [1.82, 2.24) is 4.57 Å². The molecule has 4 rings (SSSR count). The van der Waals surface area contributed by atoms with Crippen molar-refractivity contribution < 1.29 is 9.84 Å². The summed E-state index contributed by atoms with van der Waals surface area (Å²) in [5.74, 6) is 0.377. The van der Waals surface area contributed by atoms with Crippen molar-refractivity contribution in [1.29, 1.82) is 5.26 Å². The average molecular weight is 408 g/mol. The van der Waals surface area contributed by atoms with Crippen LogP contribution in [0.5, 0.6) is 11.5 Å². The summed E-state index contributed by atoms with van der Waals surface area (Å²) < 4.78 is 6.73. The van der Waals surface area contributed by atoms with Crippen molar-refractivity contribution in [2.75, 3.05) is 7.11 Å². The van der Waals surface area contributed by atoms with Crippen molar-refractivity contribution in [2.45, 2.75) is 6.42 Å². The van der Waals surface area contributed by atoms with Gasteiger partial charge in [0.2, 0.25) is 0 Å². The molecule has 152 valence electrons. The Kier molecular flexibility index (Phi) is 5.55. The highest BCUT2D eigenvalue weighted by atomic mass is 16.5. The number of nitriles is 1. The molecule has 3 aromatic carbocycles. The van der Waals surface area contributed by atoms with Gasteiger partial charge in [-0.3, -0.25) is 9.36 Å². The summed E-state index contributed by atoms with van der Waals surface area (Å²) in [5, 5.41) is 20.9. The zero-order chi connectivity index (χ0) is 21.8. The van der Waals surface area contributed by atoms with E-state index in [9.17, 15) is 15.2 Å². The van der Waals surface area contributed by atoms with Crippen LogP contribution in [-0.2, 0) is 6.42 Å². The number of ether oxygens (including phenoxy) is 1. The van der Waals surface area contributed by atoms with Crippen molar-refractivity contribution in [3.8, 4) is 34.5 Å². The number of aromatic hydroxyl groups is 1. The molecule has 0 fully saturated rings. The first-order chi connectivity index (χ1) is 15.1. The molecule has 0 aliphatic carbocycles. The van der Waals surface area contributed by atoms with Gasteiger partial charge in [0.05, 0.1) is 18.4 Å². The summed E-state index contributed by atoms with van der Waals surface area (Å²) in [6.45, 7) is 0. The van der Waals surface area contributed by atoms with Crippen LogP contribution < -0.4 is 10.3 Å². The Balaban J connectivity index is 2.04. The molecule has 0 amide bonds. The summed E-state index contributed by atoms with van der Waals surface area (Å²) in [6.07, 6.45) is 0.214. The van der Waals surface area contributed by atoms with E-state index in [2.05, 4.69) is 6.07 Å². The molecule has 0 spiro atoms. The van der Waals surface area contributed by atoms with Gasteiger partial charge in [0.1, 0.15) is 23.1 Å². The lowest BCUT2D eigenvalue weighted by Gasteiger charge is -2.19. The number of hydrogen-bond donors (Lipinski definition) is 1. The van der Waals surface area contributed by atoms with Crippen molar-refractivity contribution in [3.05, 3.63) is 112 Å². The van der Waals surface area contributed by atoms with Gasteiger partial charge in [0.15, 0.2) is 0 Å². The molecule has 5 nitrogen and oxygen atoms in total. The third kappa shape index (κ3) is 3.79. The summed E-state index contributed by atoms with van der Waals surface area (Å²) in [6, 6.07) is 27.7. The van der Waals surface area contributed by atoms with Crippen LogP contribution in [0.4, 0.5) is 0 Å². The minimum Gasteiger partial charge on any atom is -0.506 e. The molecule has 0 aliphatic rings. The highest BCUT2D eigenvalue weighted by Crippen LogP contribution is 2.33. The molecular formula is C26H20N2O3. The van der Waals surface area contributed by atoms with Crippen molar-refractivity contribution in [2.24, 2.45) is 0 Å². The van der Waals surface area contributed by atoms with E-state index in [-0.39, 0.29) is 28.9 Å². The number of methoxy groups -OCH3 is 1. The molecule has 31 heavy (non-hydrogen) atoms. The fourth-order valence-corrected chi connectivity index (χ4v) is 3.62. The molecule has 1 heterocycles. The van der Waals surface area contributed by atoms with Crippen LogP contribution in [0.25, 0.3) is 16.9 Å². The van der Waals surface area contributed by atoms with Crippen LogP contribution in [-0.4, -0.2) is 16.8 Å². The number of hydrogen-bond acceptors (Lipinski definition) is 4. The molecule has 1 N–H and O–H groups in total. The molecule has 0 bridgehead atoms. The number of aromatic nitrogens is 1. The van der Waals surface area contributed by atoms with Crippen molar-refractivity contribution >= 4 is 0 Å². The van der Waals surface area contributed by atoms with Gasteiger partial charge in [-0.05, 0) is 29.8 Å². The van der Waals surface area contributed by atoms with Crippen LogP contribution >= 0.6 is 0 Å². The molecule has 5 heteroatoms. The van der Waals surface area contributed by atoms with Gasteiger partial charge in [-0.15, -0.1) is 0 Å². The number of benzene rings is 3. The highest BCUT2D eigenvalue weighted by molar-refractivity contribution is 5.73. The molecular weight excluding hydrogens is 388 g/mol. The lowest BCUT2D eigenvalue weighted by molar-refractivity contribution is 0.414. The number of rotatable bonds is 5. The predicted octanol–water partition coefficient (Wildman–Crippen LogP) is 4.68. The molecule has 0 radical (unpaired) electrons. The zero-order valence-corrected chi connectivity index (χ0v) is 16.9. The SMILES string of the molecule is COc1ccc(-n2c(-c3ccccc3)c(C#N)c(O)c(Cc3ccccc3)c2=O)cc1. The van der Waals surface area contributed by atoms with E-state index < -0.39 is 0 Å². The van der Waals surface area contributed by atoms with Crippen molar-refractivity contribution in [3.63, 3.8) is 0 Å². The van der Waals surface area contributed by atoms with Gasteiger partial charge < -0.3 is 9.84 Å². The average Bonchev–Trinajstić information content (AvgIpc) is 2.83. The molecule has 1 aromatic heterocycles. The van der Waals surface area contributed by atoms with Gasteiger partial charge in [-0.2, -0.15) is 5.26 Å². The van der Waals surface area contributed by atoms with E-state index in [0.29, 0.717) is 22.7 Å².